The van der Waals surface area contributed by atoms with E-state index >= 15 is 0 Å². The number of hydrogen-bond acceptors (Lipinski definition) is 4. The third-order valence-corrected chi connectivity index (χ3v) is 4.13. The van der Waals surface area contributed by atoms with Crippen LogP contribution in [0, 0.1) is 0 Å². The fraction of sp³-hybridized carbons (Fsp3) is 0.500. The van der Waals surface area contributed by atoms with E-state index in [9.17, 15) is 13.2 Å². The third kappa shape index (κ3) is 5.02. The lowest BCUT2D eigenvalue weighted by Gasteiger charge is -2.30. The highest BCUT2D eigenvalue weighted by molar-refractivity contribution is 7.92. The molecule has 6 nitrogen and oxygen atoms in total. The molecular formula is C14H22N2O4S. The normalized spacial score (nSPS) is 12.7. The van der Waals surface area contributed by atoms with E-state index < -0.39 is 16.1 Å². The zero-order valence-electron chi connectivity index (χ0n) is 12.6. The van der Waals surface area contributed by atoms with Crippen LogP contribution in [0.2, 0.25) is 0 Å². The molecule has 0 aliphatic rings. The summed E-state index contributed by atoms with van der Waals surface area (Å²) < 4.78 is 30.2. The van der Waals surface area contributed by atoms with Crippen LogP contribution in [0.5, 0.6) is 0 Å². The standard InChI is InChI=1S/C14H22N2O4S/c1-4-13(14(17)15-10-11-20-2)16(21(3,18)19)12-8-6-5-7-9-12/h5-9,13H,4,10-11H2,1-3H3,(H,15,17)/t13-/m0/s1. The number of nitrogens with one attached hydrogen (secondary N) is 1. The number of benzene rings is 1. The molecule has 0 saturated carbocycles. The summed E-state index contributed by atoms with van der Waals surface area (Å²) in [7, 11) is -2.03. The average molecular weight is 314 g/mol. The maximum Gasteiger partial charge on any atom is 0.243 e. The van der Waals surface area contributed by atoms with Crippen molar-refractivity contribution < 1.29 is 17.9 Å². The van der Waals surface area contributed by atoms with Gasteiger partial charge in [0.25, 0.3) is 0 Å². The molecule has 0 aliphatic carbocycles. The fourth-order valence-corrected chi connectivity index (χ4v) is 3.24. The molecule has 1 rings (SSSR count). The number of ether oxygens (including phenoxy) is 1. The number of sulfonamides is 1. The Bertz CT molecular complexity index is 545. The SMILES string of the molecule is CC[C@@H](C(=O)NCCOC)N(c1ccccc1)S(C)(=O)=O. The second-order valence-corrected chi connectivity index (χ2v) is 6.46. The summed E-state index contributed by atoms with van der Waals surface area (Å²) in [5, 5.41) is 2.69. The molecule has 1 atom stereocenters. The Morgan fingerprint density at radius 2 is 1.95 bits per heavy atom. The monoisotopic (exact) mass is 314 g/mol. The number of carbonyl (C=O) groups is 1. The summed E-state index contributed by atoms with van der Waals surface area (Å²) in [6.07, 6.45) is 1.48. The number of rotatable bonds is 8. The molecule has 0 bridgehead atoms. The number of methoxy groups -OCH3 is 1. The molecule has 0 unspecified atom stereocenters. The lowest BCUT2D eigenvalue weighted by Crippen LogP contribution is -2.49. The van der Waals surface area contributed by atoms with E-state index in [0.717, 1.165) is 10.6 Å². The second kappa shape index (κ2) is 7.99. The summed E-state index contributed by atoms with van der Waals surface area (Å²) in [4.78, 5) is 12.2. The minimum absolute atomic E-state index is 0.330. The van der Waals surface area contributed by atoms with Crippen LogP contribution in [0.3, 0.4) is 0 Å². The zero-order valence-corrected chi connectivity index (χ0v) is 13.4. The molecule has 1 N–H and O–H groups in total. The van der Waals surface area contributed by atoms with Crippen LogP contribution >= 0.6 is 0 Å². The van der Waals surface area contributed by atoms with Gasteiger partial charge in [0.15, 0.2) is 0 Å². The van der Waals surface area contributed by atoms with Gasteiger partial charge < -0.3 is 10.1 Å². The number of nitrogens with zero attached hydrogens (tertiary/aromatic N) is 1. The molecule has 1 aromatic carbocycles. The van der Waals surface area contributed by atoms with Gasteiger partial charge in [0.2, 0.25) is 15.9 Å². The first kappa shape index (κ1) is 17.5. The summed E-state index contributed by atoms with van der Waals surface area (Å²) >= 11 is 0. The zero-order chi connectivity index (χ0) is 15.9. The van der Waals surface area contributed by atoms with Gasteiger partial charge in [-0.05, 0) is 18.6 Å². The third-order valence-electron chi connectivity index (χ3n) is 2.95. The van der Waals surface area contributed by atoms with Gasteiger partial charge in [0.05, 0.1) is 18.6 Å². The van der Waals surface area contributed by atoms with E-state index in [1.165, 1.54) is 7.11 Å². The Labute approximate surface area is 126 Å². The molecule has 0 aromatic heterocycles. The van der Waals surface area contributed by atoms with Gasteiger partial charge in [-0.15, -0.1) is 0 Å². The van der Waals surface area contributed by atoms with Crippen LogP contribution in [-0.4, -0.2) is 46.9 Å². The predicted molar refractivity (Wildman–Crippen MR) is 82.7 cm³/mol. The van der Waals surface area contributed by atoms with Crippen LogP contribution in [0.1, 0.15) is 13.3 Å². The van der Waals surface area contributed by atoms with Gasteiger partial charge in [-0.25, -0.2) is 8.42 Å². The summed E-state index contributed by atoms with van der Waals surface area (Å²) in [6, 6.07) is 7.84. The van der Waals surface area contributed by atoms with Crippen LogP contribution in [-0.2, 0) is 19.6 Å². The van der Waals surface area contributed by atoms with Crippen LogP contribution < -0.4 is 9.62 Å². The molecule has 118 valence electrons. The summed E-state index contributed by atoms with van der Waals surface area (Å²) in [6.45, 7) is 2.51. The lowest BCUT2D eigenvalue weighted by atomic mass is 10.2. The average Bonchev–Trinajstić information content (AvgIpc) is 2.44. The highest BCUT2D eigenvalue weighted by atomic mass is 32.2. The number of amides is 1. The van der Waals surface area contributed by atoms with Crippen molar-refractivity contribution in [3.05, 3.63) is 30.3 Å². The van der Waals surface area contributed by atoms with Crippen molar-refractivity contribution in [3.63, 3.8) is 0 Å². The van der Waals surface area contributed by atoms with E-state index in [0.29, 0.717) is 25.3 Å². The van der Waals surface area contributed by atoms with Gasteiger partial charge in [-0.2, -0.15) is 0 Å². The Kier molecular flexibility index (Phi) is 6.64. The number of carbonyl (C=O) groups excluding carboxylic acids is 1. The van der Waals surface area contributed by atoms with E-state index in [2.05, 4.69) is 5.32 Å². The smallest absolute Gasteiger partial charge is 0.243 e. The van der Waals surface area contributed by atoms with Gasteiger partial charge in [0, 0.05) is 13.7 Å². The van der Waals surface area contributed by atoms with Gasteiger partial charge in [-0.3, -0.25) is 9.10 Å². The molecule has 0 heterocycles. The minimum Gasteiger partial charge on any atom is -0.383 e. The van der Waals surface area contributed by atoms with Crippen LogP contribution in [0.15, 0.2) is 30.3 Å². The molecule has 21 heavy (non-hydrogen) atoms. The van der Waals surface area contributed by atoms with Crippen molar-refractivity contribution in [2.45, 2.75) is 19.4 Å². The van der Waals surface area contributed by atoms with E-state index in [1.807, 2.05) is 0 Å². The molecule has 0 aliphatic heterocycles. The molecule has 1 aromatic rings. The maximum atomic E-state index is 12.2. The largest absolute Gasteiger partial charge is 0.383 e. The van der Waals surface area contributed by atoms with E-state index in [4.69, 9.17) is 4.74 Å². The van der Waals surface area contributed by atoms with Crippen molar-refractivity contribution in [2.24, 2.45) is 0 Å². The van der Waals surface area contributed by atoms with Crippen molar-refractivity contribution in [1.82, 2.24) is 5.32 Å². The minimum atomic E-state index is -3.56. The molecule has 0 saturated heterocycles. The first-order valence-corrected chi connectivity index (χ1v) is 8.57. The predicted octanol–water partition coefficient (Wildman–Crippen LogP) is 0.994. The quantitative estimate of drug-likeness (QED) is 0.726. The molecule has 1 amide bonds. The molecule has 0 spiro atoms. The summed E-state index contributed by atoms with van der Waals surface area (Å²) in [5.41, 5.74) is 0.480. The Morgan fingerprint density at radius 1 is 1.33 bits per heavy atom. The highest BCUT2D eigenvalue weighted by Crippen LogP contribution is 2.21. The fourth-order valence-electron chi connectivity index (χ4n) is 2.03. The number of para-hydroxylation sites is 1. The first-order valence-electron chi connectivity index (χ1n) is 6.73. The number of hydrogen-bond donors (Lipinski definition) is 1. The van der Waals surface area contributed by atoms with Crippen LogP contribution in [0.25, 0.3) is 0 Å². The second-order valence-electron chi connectivity index (χ2n) is 4.60. The lowest BCUT2D eigenvalue weighted by molar-refractivity contribution is -0.122. The topological polar surface area (TPSA) is 75.7 Å². The van der Waals surface area contributed by atoms with Crippen molar-refractivity contribution >= 4 is 21.6 Å². The Hall–Kier alpha value is -1.60. The molecule has 0 radical (unpaired) electrons. The van der Waals surface area contributed by atoms with E-state index in [1.54, 1.807) is 37.3 Å². The van der Waals surface area contributed by atoms with Crippen LogP contribution in [0.4, 0.5) is 5.69 Å². The van der Waals surface area contributed by atoms with Gasteiger partial charge >= 0.3 is 0 Å². The van der Waals surface area contributed by atoms with Gasteiger partial charge in [0.1, 0.15) is 6.04 Å². The van der Waals surface area contributed by atoms with E-state index in [-0.39, 0.29) is 5.91 Å². The summed E-state index contributed by atoms with van der Waals surface area (Å²) in [5.74, 6) is -0.330. The first-order chi connectivity index (χ1) is 9.91. The van der Waals surface area contributed by atoms with Gasteiger partial charge in [-0.1, -0.05) is 25.1 Å². The molecular weight excluding hydrogens is 292 g/mol. The van der Waals surface area contributed by atoms with Crippen molar-refractivity contribution in [1.29, 1.82) is 0 Å². The molecule has 7 heteroatoms. The Morgan fingerprint density at radius 3 is 2.43 bits per heavy atom. The highest BCUT2D eigenvalue weighted by Gasteiger charge is 2.30. The Balaban J connectivity index is 3.03. The van der Waals surface area contributed by atoms with Crippen molar-refractivity contribution in [2.75, 3.05) is 30.8 Å². The maximum absolute atomic E-state index is 12.2. The molecule has 0 fully saturated rings. The number of anilines is 1. The van der Waals surface area contributed by atoms with Crippen molar-refractivity contribution in [3.8, 4) is 0 Å².